The molecule has 0 aliphatic rings. The van der Waals surface area contributed by atoms with E-state index in [1.54, 1.807) is 30.1 Å². The lowest BCUT2D eigenvalue weighted by Gasteiger charge is -2.17. The maximum absolute atomic E-state index is 11.4. The molecule has 4 nitrogen and oxygen atoms in total. The lowest BCUT2D eigenvalue weighted by molar-refractivity contribution is 0.0600. The van der Waals surface area contributed by atoms with Crippen LogP contribution in [0, 0.1) is 0 Å². The summed E-state index contributed by atoms with van der Waals surface area (Å²) in [5.74, 6) is 0.655. The molecule has 100 valence electrons. The maximum Gasteiger partial charge on any atom is 0.337 e. The number of carbonyl (C=O) groups is 1. The van der Waals surface area contributed by atoms with Crippen LogP contribution in [0.3, 0.4) is 0 Å². The molecule has 0 fully saturated rings. The van der Waals surface area contributed by atoms with Crippen molar-refractivity contribution in [3.05, 3.63) is 23.9 Å². The van der Waals surface area contributed by atoms with E-state index in [0.717, 1.165) is 30.4 Å². The van der Waals surface area contributed by atoms with Crippen LogP contribution in [-0.4, -0.2) is 48.4 Å². The molecule has 0 amide bonds. The molecule has 0 unspecified atom stereocenters. The van der Waals surface area contributed by atoms with Crippen molar-refractivity contribution in [1.82, 2.24) is 9.88 Å². The number of thioether (sulfide) groups is 1. The van der Waals surface area contributed by atoms with Gasteiger partial charge in [-0.1, -0.05) is 13.8 Å². The van der Waals surface area contributed by atoms with Gasteiger partial charge < -0.3 is 9.64 Å². The summed E-state index contributed by atoms with van der Waals surface area (Å²) < 4.78 is 4.68. The molecule has 0 atom stereocenters. The molecule has 0 spiro atoms. The van der Waals surface area contributed by atoms with Gasteiger partial charge in [-0.3, -0.25) is 0 Å². The fraction of sp³-hybridized carbons (Fsp3) is 0.538. The second kappa shape index (κ2) is 8.11. The molecule has 0 aliphatic carbocycles. The Balaban J connectivity index is 2.50. The number of hydrogen-bond donors (Lipinski definition) is 0. The van der Waals surface area contributed by atoms with Gasteiger partial charge in [0.2, 0.25) is 0 Å². The zero-order chi connectivity index (χ0) is 13.4. The Morgan fingerprint density at radius 3 is 2.78 bits per heavy atom. The molecular weight excluding hydrogens is 248 g/mol. The van der Waals surface area contributed by atoms with Gasteiger partial charge in [-0.15, -0.1) is 11.8 Å². The molecule has 0 aromatic carbocycles. The molecule has 1 rings (SSSR count). The molecule has 0 radical (unpaired) electrons. The van der Waals surface area contributed by atoms with E-state index >= 15 is 0 Å². The van der Waals surface area contributed by atoms with Crippen molar-refractivity contribution in [1.29, 1.82) is 0 Å². The van der Waals surface area contributed by atoms with E-state index < -0.39 is 0 Å². The first-order chi connectivity index (χ1) is 8.71. The number of esters is 1. The average Bonchev–Trinajstić information content (AvgIpc) is 2.43. The Kier molecular flexibility index (Phi) is 6.75. The Labute approximate surface area is 113 Å². The molecule has 1 aromatic heterocycles. The number of nitrogens with zero attached hydrogens (tertiary/aromatic N) is 2. The molecule has 5 heteroatoms. The van der Waals surface area contributed by atoms with Crippen molar-refractivity contribution in [2.75, 3.05) is 32.5 Å². The summed E-state index contributed by atoms with van der Waals surface area (Å²) in [6.45, 7) is 7.47. The van der Waals surface area contributed by atoms with Crippen LogP contribution in [0.25, 0.3) is 0 Å². The molecule has 1 heterocycles. The summed E-state index contributed by atoms with van der Waals surface area (Å²) in [4.78, 5) is 18.0. The fourth-order valence-corrected chi connectivity index (χ4v) is 2.46. The lowest BCUT2D eigenvalue weighted by Crippen LogP contribution is -2.25. The molecule has 0 saturated carbocycles. The molecule has 0 saturated heterocycles. The van der Waals surface area contributed by atoms with Crippen LogP contribution >= 0.6 is 11.8 Å². The highest BCUT2D eigenvalue weighted by Crippen LogP contribution is 2.16. The summed E-state index contributed by atoms with van der Waals surface area (Å²) in [6, 6.07) is 3.44. The predicted octanol–water partition coefficient (Wildman–Crippen LogP) is 2.30. The van der Waals surface area contributed by atoms with Crippen molar-refractivity contribution in [3.63, 3.8) is 0 Å². The SMILES string of the molecule is CCN(CC)CCSc1cc(C(=O)OC)ccn1. The Morgan fingerprint density at radius 2 is 2.17 bits per heavy atom. The van der Waals surface area contributed by atoms with Gasteiger partial charge in [-0.05, 0) is 25.2 Å². The monoisotopic (exact) mass is 268 g/mol. The highest BCUT2D eigenvalue weighted by atomic mass is 32.2. The van der Waals surface area contributed by atoms with Crippen molar-refractivity contribution >= 4 is 17.7 Å². The van der Waals surface area contributed by atoms with Gasteiger partial charge in [0.25, 0.3) is 0 Å². The zero-order valence-electron chi connectivity index (χ0n) is 11.2. The molecular formula is C13H20N2O2S. The van der Waals surface area contributed by atoms with Crippen LogP contribution in [0.5, 0.6) is 0 Å². The number of aromatic nitrogens is 1. The van der Waals surface area contributed by atoms with Crippen LogP contribution < -0.4 is 0 Å². The van der Waals surface area contributed by atoms with Gasteiger partial charge in [0.15, 0.2) is 0 Å². The largest absolute Gasteiger partial charge is 0.465 e. The minimum Gasteiger partial charge on any atom is -0.465 e. The van der Waals surface area contributed by atoms with Crippen LogP contribution in [0.4, 0.5) is 0 Å². The number of carbonyl (C=O) groups excluding carboxylic acids is 1. The van der Waals surface area contributed by atoms with Crippen molar-refractivity contribution in [2.24, 2.45) is 0 Å². The minimum atomic E-state index is -0.317. The minimum absolute atomic E-state index is 0.317. The molecule has 0 bridgehead atoms. The van der Waals surface area contributed by atoms with Crippen LogP contribution in [0.15, 0.2) is 23.4 Å². The van der Waals surface area contributed by atoms with Crippen LogP contribution in [0.1, 0.15) is 24.2 Å². The predicted molar refractivity (Wildman–Crippen MR) is 74.1 cm³/mol. The Morgan fingerprint density at radius 1 is 1.44 bits per heavy atom. The van der Waals surface area contributed by atoms with E-state index in [-0.39, 0.29) is 5.97 Å². The average molecular weight is 268 g/mol. The summed E-state index contributed by atoms with van der Waals surface area (Å²) in [6.07, 6.45) is 1.64. The topological polar surface area (TPSA) is 42.4 Å². The quantitative estimate of drug-likeness (QED) is 0.561. The zero-order valence-corrected chi connectivity index (χ0v) is 12.0. The fourth-order valence-electron chi connectivity index (χ4n) is 1.55. The van der Waals surface area contributed by atoms with Crippen molar-refractivity contribution in [2.45, 2.75) is 18.9 Å². The summed E-state index contributed by atoms with van der Waals surface area (Å²) in [5.41, 5.74) is 0.554. The number of pyridine rings is 1. The number of methoxy groups -OCH3 is 1. The summed E-state index contributed by atoms with van der Waals surface area (Å²) >= 11 is 1.66. The maximum atomic E-state index is 11.4. The van der Waals surface area contributed by atoms with E-state index in [2.05, 4.69) is 28.5 Å². The van der Waals surface area contributed by atoms with E-state index in [0.29, 0.717) is 5.56 Å². The molecule has 1 aromatic rings. The van der Waals surface area contributed by atoms with Gasteiger partial charge in [-0.2, -0.15) is 0 Å². The van der Waals surface area contributed by atoms with Crippen molar-refractivity contribution in [3.8, 4) is 0 Å². The van der Waals surface area contributed by atoms with Gasteiger partial charge >= 0.3 is 5.97 Å². The molecule has 0 N–H and O–H groups in total. The van der Waals surface area contributed by atoms with E-state index in [1.807, 2.05) is 0 Å². The second-order valence-corrected chi connectivity index (χ2v) is 4.86. The number of ether oxygens (including phenoxy) is 1. The van der Waals surface area contributed by atoms with E-state index in [4.69, 9.17) is 0 Å². The van der Waals surface area contributed by atoms with E-state index in [9.17, 15) is 4.79 Å². The summed E-state index contributed by atoms with van der Waals surface area (Å²) in [7, 11) is 1.38. The van der Waals surface area contributed by atoms with Crippen LogP contribution in [-0.2, 0) is 4.74 Å². The molecule has 0 aliphatic heterocycles. The smallest absolute Gasteiger partial charge is 0.337 e. The van der Waals surface area contributed by atoms with Crippen molar-refractivity contribution < 1.29 is 9.53 Å². The third kappa shape index (κ3) is 4.66. The number of rotatable bonds is 7. The lowest BCUT2D eigenvalue weighted by atomic mass is 10.3. The second-order valence-electron chi connectivity index (χ2n) is 3.75. The van der Waals surface area contributed by atoms with Gasteiger partial charge in [-0.25, -0.2) is 9.78 Å². The third-order valence-electron chi connectivity index (χ3n) is 2.71. The number of hydrogen-bond acceptors (Lipinski definition) is 5. The van der Waals surface area contributed by atoms with Gasteiger partial charge in [0, 0.05) is 18.5 Å². The molecule has 18 heavy (non-hydrogen) atoms. The highest BCUT2D eigenvalue weighted by Gasteiger charge is 2.07. The van der Waals surface area contributed by atoms with Gasteiger partial charge in [0.1, 0.15) is 0 Å². The summed E-state index contributed by atoms with van der Waals surface area (Å²) in [5, 5.41) is 0.866. The Bertz CT molecular complexity index is 381. The first-order valence-electron chi connectivity index (χ1n) is 6.10. The van der Waals surface area contributed by atoms with Gasteiger partial charge in [0.05, 0.1) is 17.7 Å². The normalized spacial score (nSPS) is 10.7. The standard InChI is InChI=1S/C13H20N2O2S/c1-4-15(5-2)8-9-18-12-10-11(6-7-14-12)13(16)17-3/h6-7,10H,4-5,8-9H2,1-3H3. The highest BCUT2D eigenvalue weighted by molar-refractivity contribution is 7.99. The van der Waals surface area contributed by atoms with Crippen LogP contribution in [0.2, 0.25) is 0 Å². The van der Waals surface area contributed by atoms with E-state index in [1.165, 1.54) is 7.11 Å². The Hall–Kier alpha value is -1.07. The first-order valence-corrected chi connectivity index (χ1v) is 7.09. The first kappa shape index (κ1) is 15.0. The third-order valence-corrected chi connectivity index (χ3v) is 3.61.